The zero-order valence-corrected chi connectivity index (χ0v) is 16.7. The van der Waals surface area contributed by atoms with E-state index in [2.05, 4.69) is 0 Å². The van der Waals surface area contributed by atoms with E-state index in [1.165, 1.54) is 28.6 Å². The summed E-state index contributed by atoms with van der Waals surface area (Å²) in [5.74, 6) is -0.406. The molecule has 0 atom stereocenters. The second-order valence-electron chi connectivity index (χ2n) is 6.62. The Morgan fingerprint density at radius 2 is 1.82 bits per heavy atom. The van der Waals surface area contributed by atoms with E-state index in [0.29, 0.717) is 30.2 Å². The first-order chi connectivity index (χ1) is 13.2. The molecule has 28 heavy (non-hydrogen) atoms. The lowest BCUT2D eigenvalue weighted by Gasteiger charge is -2.34. The molecule has 150 valence electrons. The summed E-state index contributed by atoms with van der Waals surface area (Å²) < 4.78 is 40.4. The molecule has 10 heteroatoms. The van der Waals surface area contributed by atoms with Crippen LogP contribution in [-0.2, 0) is 16.6 Å². The molecule has 0 bridgehead atoms. The Kier molecular flexibility index (Phi) is 5.99. The lowest BCUT2D eigenvalue weighted by Crippen LogP contribution is -2.48. The van der Waals surface area contributed by atoms with Crippen LogP contribution in [-0.4, -0.2) is 48.7 Å². The van der Waals surface area contributed by atoms with Crippen molar-refractivity contribution in [3.63, 3.8) is 0 Å². The summed E-state index contributed by atoms with van der Waals surface area (Å²) in [6, 6.07) is 8.05. The first-order valence-electron chi connectivity index (χ1n) is 8.60. The molecular weight excluding hydrogens is 409 g/mol. The highest BCUT2D eigenvalue weighted by Crippen LogP contribution is 2.26. The van der Waals surface area contributed by atoms with E-state index in [1.54, 1.807) is 13.0 Å². The predicted molar refractivity (Wildman–Crippen MR) is 103 cm³/mol. The number of nitro benzene ring substituents is 1. The summed E-state index contributed by atoms with van der Waals surface area (Å²) in [7, 11) is -3.83. The van der Waals surface area contributed by atoms with E-state index < -0.39 is 20.8 Å². The van der Waals surface area contributed by atoms with Gasteiger partial charge in [0, 0.05) is 49.9 Å². The van der Waals surface area contributed by atoms with Crippen molar-refractivity contribution < 1.29 is 17.7 Å². The number of hydrogen-bond donors (Lipinski definition) is 0. The fourth-order valence-electron chi connectivity index (χ4n) is 3.14. The fourth-order valence-corrected chi connectivity index (χ4v) is 5.03. The van der Waals surface area contributed by atoms with Crippen LogP contribution >= 0.6 is 11.6 Å². The number of nitro groups is 1. The van der Waals surface area contributed by atoms with E-state index in [1.807, 2.05) is 4.90 Å². The Labute approximate surface area is 167 Å². The molecule has 0 aliphatic carbocycles. The highest BCUT2D eigenvalue weighted by Gasteiger charge is 2.31. The van der Waals surface area contributed by atoms with E-state index in [9.17, 15) is 22.9 Å². The third-order valence-corrected chi connectivity index (χ3v) is 7.13. The van der Waals surface area contributed by atoms with Crippen LogP contribution in [0.15, 0.2) is 41.3 Å². The number of piperazine rings is 1. The molecule has 2 aromatic carbocycles. The minimum Gasteiger partial charge on any atom is -0.296 e. The van der Waals surface area contributed by atoms with E-state index in [-0.39, 0.29) is 23.7 Å². The van der Waals surface area contributed by atoms with Crippen molar-refractivity contribution in [1.82, 2.24) is 9.21 Å². The average molecular weight is 428 g/mol. The van der Waals surface area contributed by atoms with Crippen LogP contribution in [0.1, 0.15) is 11.1 Å². The molecule has 0 unspecified atom stereocenters. The maximum absolute atomic E-state index is 13.2. The number of aryl methyl sites for hydroxylation is 1. The maximum atomic E-state index is 13.2. The molecule has 1 heterocycles. The highest BCUT2D eigenvalue weighted by molar-refractivity contribution is 7.89. The summed E-state index contributed by atoms with van der Waals surface area (Å²) in [4.78, 5) is 12.4. The number of non-ortho nitro benzene ring substituents is 1. The summed E-state index contributed by atoms with van der Waals surface area (Å²) in [6.45, 7) is 3.56. The SMILES string of the molecule is Cc1ccc([N+](=O)[O-])cc1S(=O)(=O)N1CCN(Cc2ccc(F)cc2Cl)CC1. The van der Waals surface area contributed by atoms with Crippen LogP contribution in [0.2, 0.25) is 5.02 Å². The number of rotatable bonds is 5. The average Bonchev–Trinajstić information content (AvgIpc) is 2.64. The summed E-state index contributed by atoms with van der Waals surface area (Å²) in [5.41, 5.74) is 0.980. The van der Waals surface area contributed by atoms with Crippen LogP contribution in [0.5, 0.6) is 0 Å². The van der Waals surface area contributed by atoms with Gasteiger partial charge < -0.3 is 0 Å². The summed E-state index contributed by atoms with van der Waals surface area (Å²) in [6.07, 6.45) is 0. The van der Waals surface area contributed by atoms with Gasteiger partial charge in [-0.25, -0.2) is 12.8 Å². The Morgan fingerprint density at radius 3 is 2.43 bits per heavy atom. The molecule has 7 nitrogen and oxygen atoms in total. The Morgan fingerprint density at radius 1 is 1.14 bits per heavy atom. The van der Waals surface area contributed by atoms with Gasteiger partial charge in [0.25, 0.3) is 5.69 Å². The van der Waals surface area contributed by atoms with Crippen LogP contribution in [0.3, 0.4) is 0 Å². The van der Waals surface area contributed by atoms with Gasteiger partial charge in [0.2, 0.25) is 10.0 Å². The molecule has 0 saturated carbocycles. The molecule has 1 fully saturated rings. The van der Waals surface area contributed by atoms with Gasteiger partial charge in [0.1, 0.15) is 5.82 Å². The topological polar surface area (TPSA) is 83.8 Å². The Balaban J connectivity index is 1.72. The van der Waals surface area contributed by atoms with Crippen molar-refractivity contribution in [1.29, 1.82) is 0 Å². The third kappa shape index (κ3) is 4.33. The van der Waals surface area contributed by atoms with Gasteiger partial charge in [0.05, 0.1) is 9.82 Å². The standard InChI is InChI=1S/C18H19ClFN3O4S/c1-13-2-5-16(23(24)25)11-18(13)28(26,27)22-8-6-21(7-9-22)12-14-3-4-15(20)10-17(14)19/h2-5,10-11H,6-9,12H2,1H3. The van der Waals surface area contributed by atoms with Crippen LogP contribution in [0, 0.1) is 22.9 Å². The van der Waals surface area contributed by atoms with Crippen molar-refractivity contribution in [3.8, 4) is 0 Å². The predicted octanol–water partition coefficient (Wildman–Crippen LogP) is 3.20. The van der Waals surface area contributed by atoms with Gasteiger partial charge in [-0.3, -0.25) is 15.0 Å². The quantitative estimate of drug-likeness (QED) is 0.540. The molecule has 2 aromatic rings. The minimum atomic E-state index is -3.83. The number of hydrogen-bond acceptors (Lipinski definition) is 5. The zero-order chi connectivity index (χ0) is 20.5. The molecular formula is C18H19ClFN3O4S. The first-order valence-corrected chi connectivity index (χ1v) is 10.4. The summed E-state index contributed by atoms with van der Waals surface area (Å²) >= 11 is 6.06. The van der Waals surface area contributed by atoms with E-state index >= 15 is 0 Å². The fraction of sp³-hybridized carbons (Fsp3) is 0.333. The van der Waals surface area contributed by atoms with Crippen LogP contribution in [0.25, 0.3) is 0 Å². The lowest BCUT2D eigenvalue weighted by atomic mass is 10.2. The summed E-state index contributed by atoms with van der Waals surface area (Å²) in [5, 5.41) is 11.3. The number of benzene rings is 2. The Hall–Kier alpha value is -2.07. The van der Waals surface area contributed by atoms with Gasteiger partial charge in [0.15, 0.2) is 0 Å². The van der Waals surface area contributed by atoms with Crippen molar-refractivity contribution in [2.75, 3.05) is 26.2 Å². The first kappa shape index (κ1) is 20.7. The monoisotopic (exact) mass is 427 g/mol. The van der Waals surface area contributed by atoms with Crippen LogP contribution in [0.4, 0.5) is 10.1 Å². The lowest BCUT2D eigenvalue weighted by molar-refractivity contribution is -0.385. The molecule has 1 aliphatic rings. The van der Waals surface area contributed by atoms with Crippen molar-refractivity contribution in [2.45, 2.75) is 18.4 Å². The zero-order valence-electron chi connectivity index (χ0n) is 15.1. The molecule has 3 rings (SSSR count). The molecule has 0 amide bonds. The van der Waals surface area contributed by atoms with Crippen molar-refractivity contribution >= 4 is 27.3 Å². The van der Waals surface area contributed by atoms with Crippen molar-refractivity contribution in [2.24, 2.45) is 0 Å². The van der Waals surface area contributed by atoms with Gasteiger partial charge in [-0.15, -0.1) is 0 Å². The number of nitrogens with zero attached hydrogens (tertiary/aromatic N) is 3. The van der Waals surface area contributed by atoms with E-state index in [0.717, 1.165) is 11.6 Å². The molecule has 1 aliphatic heterocycles. The highest BCUT2D eigenvalue weighted by atomic mass is 35.5. The van der Waals surface area contributed by atoms with Crippen LogP contribution < -0.4 is 0 Å². The molecule has 1 saturated heterocycles. The van der Waals surface area contributed by atoms with E-state index in [4.69, 9.17) is 11.6 Å². The number of halogens is 2. The molecule has 0 radical (unpaired) electrons. The normalized spacial score (nSPS) is 16.2. The van der Waals surface area contributed by atoms with Gasteiger partial charge in [-0.05, 0) is 30.2 Å². The largest absolute Gasteiger partial charge is 0.296 e. The molecule has 0 aromatic heterocycles. The van der Waals surface area contributed by atoms with Crippen molar-refractivity contribution in [3.05, 3.63) is 68.5 Å². The third-order valence-electron chi connectivity index (χ3n) is 4.74. The Bertz CT molecular complexity index is 1010. The smallest absolute Gasteiger partial charge is 0.270 e. The van der Waals surface area contributed by atoms with Gasteiger partial charge >= 0.3 is 0 Å². The van der Waals surface area contributed by atoms with Gasteiger partial charge in [-0.2, -0.15) is 4.31 Å². The maximum Gasteiger partial charge on any atom is 0.270 e. The molecule has 0 N–H and O–H groups in total. The second kappa shape index (κ2) is 8.12. The molecule has 0 spiro atoms. The minimum absolute atomic E-state index is 0.0447. The van der Waals surface area contributed by atoms with Gasteiger partial charge in [-0.1, -0.05) is 23.7 Å². The number of sulfonamides is 1. The second-order valence-corrected chi connectivity index (χ2v) is 8.94.